The van der Waals surface area contributed by atoms with Crippen molar-refractivity contribution in [1.29, 1.82) is 0 Å². The topological polar surface area (TPSA) is 136 Å². The number of carbonyl (C=O) groups excluding carboxylic acids is 1. The molecule has 39 heavy (non-hydrogen) atoms. The molecule has 2 aromatic heterocycles. The third-order valence-electron chi connectivity index (χ3n) is 6.38. The van der Waals surface area contributed by atoms with Gasteiger partial charge in [-0.05, 0) is 31.0 Å². The van der Waals surface area contributed by atoms with Crippen molar-refractivity contribution in [3.05, 3.63) is 53.4 Å². The van der Waals surface area contributed by atoms with Gasteiger partial charge in [0.25, 0.3) is 15.9 Å². The van der Waals surface area contributed by atoms with Crippen molar-refractivity contribution in [3.63, 3.8) is 0 Å². The number of benzene rings is 1. The number of rotatable bonds is 11. The number of fused-ring (bicyclic) bond motifs is 2. The van der Waals surface area contributed by atoms with Crippen LogP contribution in [-0.4, -0.2) is 78.4 Å². The van der Waals surface area contributed by atoms with Crippen LogP contribution in [0.25, 0.3) is 10.6 Å². The van der Waals surface area contributed by atoms with Crippen molar-refractivity contribution < 1.29 is 31.5 Å². The summed E-state index contributed by atoms with van der Waals surface area (Å²) in [5, 5.41) is 3.18. The summed E-state index contributed by atoms with van der Waals surface area (Å²) in [6.07, 6.45) is 5.61. The number of likely N-dealkylation sites (tertiary alicyclic amines) is 1. The minimum atomic E-state index is -4.85. The summed E-state index contributed by atoms with van der Waals surface area (Å²) in [5.74, 6) is -3.65. The number of carbonyl (C=O) groups is 1. The summed E-state index contributed by atoms with van der Waals surface area (Å²) in [6, 6.07) is 5.69. The molecule has 0 aliphatic carbocycles. The summed E-state index contributed by atoms with van der Waals surface area (Å²) >= 11 is 1.14. The van der Waals surface area contributed by atoms with Crippen molar-refractivity contribution in [1.82, 2.24) is 25.2 Å². The van der Waals surface area contributed by atoms with E-state index in [9.17, 15) is 22.0 Å². The Kier molecular flexibility index (Phi) is 8.02. The standard InChI is InChI=1S/C24H26F2N6O5S2/c1-2-36-21-10-27-8-18(29-21)20-9-28-23(38-20)22(33)30-19(12-32-11-17-7-16(32)13-37-17)14-4-3-5-15(6-14)31-39(34,35)24(25)26/h3-6,8-10,16-17,19,24,31H,2,7,11-13H2,1H3,(H,30,33)/t16-,17-,19-/m1/s1. The molecule has 3 aromatic rings. The normalized spacial score (nSPS) is 19.8. The lowest BCUT2D eigenvalue weighted by Crippen LogP contribution is -2.43. The number of hydrogen-bond donors (Lipinski definition) is 2. The molecule has 0 radical (unpaired) electrons. The predicted octanol–water partition coefficient (Wildman–Crippen LogP) is 2.91. The van der Waals surface area contributed by atoms with Crippen molar-refractivity contribution in [2.24, 2.45) is 0 Å². The molecule has 11 nitrogen and oxygen atoms in total. The maximum atomic E-state index is 13.3. The van der Waals surface area contributed by atoms with E-state index in [1.54, 1.807) is 18.3 Å². The molecule has 2 N–H and O–H groups in total. The zero-order valence-corrected chi connectivity index (χ0v) is 22.4. The fourth-order valence-electron chi connectivity index (χ4n) is 4.60. The lowest BCUT2D eigenvalue weighted by atomic mass is 10.0. The first-order chi connectivity index (χ1) is 18.7. The second-order valence-corrected chi connectivity index (χ2v) is 11.7. The highest BCUT2D eigenvalue weighted by molar-refractivity contribution is 7.93. The molecule has 3 atom stereocenters. The van der Waals surface area contributed by atoms with Gasteiger partial charge in [0.2, 0.25) is 5.88 Å². The van der Waals surface area contributed by atoms with Crippen LogP contribution in [-0.2, 0) is 14.8 Å². The fraction of sp³-hybridized carbons (Fsp3) is 0.417. The van der Waals surface area contributed by atoms with Gasteiger partial charge in [0.05, 0.1) is 42.6 Å². The first kappa shape index (κ1) is 27.3. The SMILES string of the molecule is CCOc1cncc(-c2cnc(C(=O)N[C@H](CN3C[C@H]4C[C@@H]3CO4)c3cccc(NS(=O)(=O)C(F)F)c3)s2)n1. The smallest absolute Gasteiger partial charge is 0.355 e. The lowest BCUT2D eigenvalue weighted by molar-refractivity contribution is 0.0267. The first-order valence-electron chi connectivity index (χ1n) is 12.2. The Hall–Kier alpha value is -3.27. The number of hydrogen-bond acceptors (Lipinski definition) is 10. The second kappa shape index (κ2) is 11.5. The Morgan fingerprint density at radius 3 is 2.87 bits per heavy atom. The lowest BCUT2D eigenvalue weighted by Gasteiger charge is -2.31. The molecule has 2 aliphatic rings. The molecule has 4 heterocycles. The van der Waals surface area contributed by atoms with E-state index in [1.807, 2.05) is 11.6 Å². The molecule has 0 saturated carbocycles. The molecule has 208 valence electrons. The zero-order chi connectivity index (χ0) is 27.6. The molecule has 2 bridgehead atoms. The van der Waals surface area contributed by atoms with E-state index < -0.39 is 27.7 Å². The van der Waals surface area contributed by atoms with Gasteiger partial charge in [-0.3, -0.25) is 19.4 Å². The van der Waals surface area contributed by atoms with Gasteiger partial charge in [-0.25, -0.2) is 18.4 Å². The molecule has 1 aromatic carbocycles. The van der Waals surface area contributed by atoms with Crippen LogP contribution in [0.3, 0.4) is 0 Å². The molecule has 2 fully saturated rings. The number of halogens is 2. The number of morpholine rings is 1. The highest BCUT2D eigenvalue weighted by Gasteiger charge is 2.40. The van der Waals surface area contributed by atoms with Crippen LogP contribution in [0.15, 0.2) is 42.9 Å². The van der Waals surface area contributed by atoms with E-state index in [1.165, 1.54) is 24.5 Å². The van der Waals surface area contributed by atoms with E-state index >= 15 is 0 Å². The molecule has 0 spiro atoms. The Morgan fingerprint density at radius 1 is 1.31 bits per heavy atom. The summed E-state index contributed by atoms with van der Waals surface area (Å²) in [5.41, 5.74) is 1.04. The van der Waals surface area contributed by atoms with Gasteiger partial charge in [0.15, 0.2) is 5.01 Å². The van der Waals surface area contributed by atoms with Crippen LogP contribution in [0.5, 0.6) is 5.88 Å². The number of nitrogens with one attached hydrogen (secondary N) is 2. The highest BCUT2D eigenvalue weighted by Crippen LogP contribution is 2.31. The number of thiazole rings is 1. The van der Waals surface area contributed by atoms with Crippen LogP contribution < -0.4 is 14.8 Å². The number of amides is 1. The van der Waals surface area contributed by atoms with Crippen molar-refractivity contribution >= 4 is 33.0 Å². The minimum Gasteiger partial charge on any atom is -0.477 e. The zero-order valence-electron chi connectivity index (χ0n) is 20.8. The van der Waals surface area contributed by atoms with Crippen LogP contribution in [0.1, 0.15) is 34.8 Å². The number of anilines is 1. The van der Waals surface area contributed by atoms with Gasteiger partial charge >= 0.3 is 5.76 Å². The van der Waals surface area contributed by atoms with Crippen LogP contribution >= 0.6 is 11.3 Å². The maximum absolute atomic E-state index is 13.3. The highest BCUT2D eigenvalue weighted by atomic mass is 32.2. The minimum absolute atomic E-state index is 0.0254. The Bertz CT molecular complexity index is 1440. The van der Waals surface area contributed by atoms with E-state index in [4.69, 9.17) is 9.47 Å². The Morgan fingerprint density at radius 2 is 2.15 bits per heavy atom. The monoisotopic (exact) mass is 580 g/mol. The van der Waals surface area contributed by atoms with E-state index in [-0.39, 0.29) is 22.8 Å². The average Bonchev–Trinajstić information content (AvgIpc) is 3.66. The summed E-state index contributed by atoms with van der Waals surface area (Å²) in [7, 11) is -4.85. The molecule has 2 aliphatic heterocycles. The summed E-state index contributed by atoms with van der Waals surface area (Å²) in [4.78, 5) is 28.9. The van der Waals surface area contributed by atoms with Gasteiger partial charge in [-0.1, -0.05) is 12.1 Å². The van der Waals surface area contributed by atoms with Crippen molar-refractivity contribution in [3.8, 4) is 16.5 Å². The van der Waals surface area contributed by atoms with Gasteiger partial charge in [0.1, 0.15) is 5.69 Å². The molecule has 5 rings (SSSR count). The number of aromatic nitrogens is 3. The Labute approximate surface area is 227 Å². The van der Waals surface area contributed by atoms with Crippen LogP contribution in [0, 0.1) is 0 Å². The second-order valence-electron chi connectivity index (χ2n) is 9.06. The van der Waals surface area contributed by atoms with E-state index in [0.717, 1.165) is 17.8 Å². The fourth-order valence-corrected chi connectivity index (χ4v) is 5.92. The van der Waals surface area contributed by atoms with Crippen LogP contribution in [0.2, 0.25) is 0 Å². The average molecular weight is 581 g/mol. The van der Waals surface area contributed by atoms with E-state index in [2.05, 4.69) is 25.2 Å². The molecule has 2 saturated heterocycles. The summed E-state index contributed by atoms with van der Waals surface area (Å²) in [6.45, 7) is 3.98. The van der Waals surface area contributed by atoms with Gasteiger partial charge in [-0.15, -0.1) is 11.3 Å². The molecular weight excluding hydrogens is 554 g/mol. The molecule has 1 amide bonds. The number of nitrogens with zero attached hydrogens (tertiary/aromatic N) is 4. The summed E-state index contributed by atoms with van der Waals surface area (Å²) < 4.78 is 62.2. The van der Waals surface area contributed by atoms with Gasteiger partial charge in [0, 0.05) is 31.0 Å². The molecule has 0 unspecified atom stereocenters. The molecule has 15 heteroatoms. The largest absolute Gasteiger partial charge is 0.477 e. The number of sulfonamides is 1. The first-order valence-corrected chi connectivity index (χ1v) is 14.6. The third-order valence-corrected chi connectivity index (χ3v) is 8.38. The Balaban J connectivity index is 1.37. The van der Waals surface area contributed by atoms with Gasteiger partial charge in [-0.2, -0.15) is 8.78 Å². The van der Waals surface area contributed by atoms with Crippen molar-refractivity contribution in [2.75, 3.05) is 31.0 Å². The van der Waals surface area contributed by atoms with Gasteiger partial charge < -0.3 is 14.8 Å². The quantitative estimate of drug-likeness (QED) is 0.351. The van der Waals surface area contributed by atoms with Crippen LogP contribution in [0.4, 0.5) is 14.5 Å². The third kappa shape index (κ3) is 6.32. The predicted molar refractivity (Wildman–Crippen MR) is 139 cm³/mol. The number of ether oxygens (including phenoxy) is 2. The number of alkyl halides is 2. The van der Waals surface area contributed by atoms with Crippen molar-refractivity contribution in [2.45, 2.75) is 37.3 Å². The molecular formula is C24H26F2N6O5S2. The maximum Gasteiger partial charge on any atom is 0.355 e. The van der Waals surface area contributed by atoms with E-state index in [0.29, 0.717) is 48.3 Å².